The lowest BCUT2D eigenvalue weighted by Gasteiger charge is -2.36. The van der Waals surface area contributed by atoms with Gasteiger partial charge in [0.2, 0.25) is 0 Å². The fraction of sp³-hybridized carbons (Fsp3) is 1.00. The van der Waals surface area contributed by atoms with Gasteiger partial charge in [-0.25, -0.2) is 8.78 Å². The normalized spacial score (nSPS) is 23.8. The molecule has 84 valence electrons. The monoisotopic (exact) mass is 269 g/mol. The highest BCUT2D eigenvalue weighted by atomic mass is 79.9. The van der Waals surface area contributed by atoms with Crippen molar-refractivity contribution in [1.82, 2.24) is 4.90 Å². The summed E-state index contributed by atoms with van der Waals surface area (Å²) >= 11 is 3.45. The van der Waals surface area contributed by atoms with E-state index in [1.54, 1.807) is 0 Å². The summed E-state index contributed by atoms with van der Waals surface area (Å²) in [5.74, 6) is -2.42. The predicted molar refractivity (Wildman–Crippen MR) is 58.2 cm³/mol. The van der Waals surface area contributed by atoms with Crippen LogP contribution in [-0.4, -0.2) is 35.8 Å². The van der Waals surface area contributed by atoms with Gasteiger partial charge in [-0.2, -0.15) is 0 Å². The van der Waals surface area contributed by atoms with E-state index in [0.717, 1.165) is 11.9 Å². The summed E-state index contributed by atoms with van der Waals surface area (Å²) in [5, 5.41) is 0.910. The number of hydrogen-bond donors (Lipinski definition) is 0. The van der Waals surface area contributed by atoms with E-state index in [-0.39, 0.29) is 18.3 Å². The van der Waals surface area contributed by atoms with Crippen LogP contribution in [0.1, 0.15) is 26.7 Å². The number of hydrogen-bond acceptors (Lipinski definition) is 1. The van der Waals surface area contributed by atoms with Gasteiger partial charge in [-0.3, -0.25) is 0 Å². The Morgan fingerprint density at radius 3 is 2.21 bits per heavy atom. The molecule has 0 atom stereocenters. The first kappa shape index (κ1) is 12.4. The van der Waals surface area contributed by atoms with Crippen LogP contribution < -0.4 is 0 Å². The summed E-state index contributed by atoms with van der Waals surface area (Å²) in [6.07, 6.45) is 0.0384. The van der Waals surface area contributed by atoms with E-state index in [4.69, 9.17) is 0 Å². The van der Waals surface area contributed by atoms with Gasteiger partial charge in [-0.15, -0.1) is 0 Å². The van der Waals surface area contributed by atoms with E-state index in [9.17, 15) is 8.78 Å². The fourth-order valence-electron chi connectivity index (χ4n) is 1.69. The maximum Gasteiger partial charge on any atom is 0.250 e. The minimum Gasteiger partial charge on any atom is -0.302 e. The highest BCUT2D eigenvalue weighted by molar-refractivity contribution is 9.09. The molecule has 1 saturated heterocycles. The Kier molecular flexibility index (Phi) is 3.92. The maximum absolute atomic E-state index is 12.9. The van der Waals surface area contributed by atoms with Crippen molar-refractivity contribution in [2.24, 2.45) is 5.41 Å². The van der Waals surface area contributed by atoms with Crippen LogP contribution in [0.25, 0.3) is 0 Å². The second-order valence-electron chi connectivity index (χ2n) is 4.93. The quantitative estimate of drug-likeness (QED) is 0.712. The summed E-state index contributed by atoms with van der Waals surface area (Å²) in [6, 6.07) is 0. The number of likely N-dealkylation sites (tertiary alicyclic amines) is 1. The van der Waals surface area contributed by atoms with Crippen molar-refractivity contribution in [1.29, 1.82) is 0 Å². The zero-order chi connectivity index (χ0) is 10.8. The standard InChI is InChI=1S/C10H18BrF2N/c1-9(2,7-11)8-14-5-3-10(12,13)4-6-14/h3-8H2,1-2H3. The number of halogens is 3. The van der Waals surface area contributed by atoms with Crippen LogP contribution in [0.3, 0.4) is 0 Å². The lowest BCUT2D eigenvalue weighted by Crippen LogP contribution is -2.44. The molecule has 1 heterocycles. The van der Waals surface area contributed by atoms with Gasteiger partial charge in [0.15, 0.2) is 0 Å². The molecule has 0 bridgehead atoms. The largest absolute Gasteiger partial charge is 0.302 e. The van der Waals surface area contributed by atoms with Crippen LogP contribution in [0.4, 0.5) is 8.78 Å². The van der Waals surface area contributed by atoms with E-state index < -0.39 is 5.92 Å². The molecule has 0 aromatic carbocycles. The Morgan fingerprint density at radius 2 is 1.79 bits per heavy atom. The Labute approximate surface area is 93.0 Å². The first-order valence-corrected chi connectivity index (χ1v) is 6.13. The number of piperidine rings is 1. The average Bonchev–Trinajstić information content (AvgIpc) is 2.09. The van der Waals surface area contributed by atoms with Crippen molar-refractivity contribution in [3.05, 3.63) is 0 Å². The van der Waals surface area contributed by atoms with Gasteiger partial charge in [0.25, 0.3) is 5.92 Å². The Morgan fingerprint density at radius 1 is 1.29 bits per heavy atom. The summed E-state index contributed by atoms with van der Waals surface area (Å²) in [7, 11) is 0. The van der Waals surface area contributed by atoms with E-state index in [0.29, 0.717) is 13.1 Å². The van der Waals surface area contributed by atoms with Crippen LogP contribution in [0.15, 0.2) is 0 Å². The minimum atomic E-state index is -2.42. The lowest BCUT2D eigenvalue weighted by atomic mass is 9.94. The van der Waals surface area contributed by atoms with Crippen molar-refractivity contribution in [2.45, 2.75) is 32.6 Å². The van der Waals surface area contributed by atoms with Gasteiger partial charge in [0, 0.05) is 37.8 Å². The van der Waals surface area contributed by atoms with Gasteiger partial charge < -0.3 is 4.90 Å². The SMILES string of the molecule is CC(C)(CBr)CN1CCC(F)(F)CC1. The molecule has 0 saturated carbocycles. The third kappa shape index (κ3) is 3.81. The van der Waals surface area contributed by atoms with E-state index >= 15 is 0 Å². The van der Waals surface area contributed by atoms with Crippen LogP contribution in [-0.2, 0) is 0 Å². The molecule has 1 rings (SSSR count). The molecular weight excluding hydrogens is 252 g/mol. The molecule has 0 aliphatic carbocycles. The van der Waals surface area contributed by atoms with Gasteiger partial charge >= 0.3 is 0 Å². The molecule has 0 unspecified atom stereocenters. The third-order valence-corrected chi connectivity index (χ3v) is 4.12. The van der Waals surface area contributed by atoms with E-state index in [1.165, 1.54) is 0 Å². The minimum absolute atomic E-state index is 0.0192. The predicted octanol–water partition coefficient (Wildman–Crippen LogP) is 3.14. The van der Waals surface area contributed by atoms with Crippen molar-refractivity contribution >= 4 is 15.9 Å². The van der Waals surface area contributed by atoms with Crippen molar-refractivity contribution < 1.29 is 8.78 Å². The van der Waals surface area contributed by atoms with Gasteiger partial charge in [-0.1, -0.05) is 29.8 Å². The second-order valence-corrected chi connectivity index (χ2v) is 5.49. The Bertz CT molecular complexity index is 185. The van der Waals surface area contributed by atoms with Crippen molar-refractivity contribution in [3.63, 3.8) is 0 Å². The molecule has 1 fully saturated rings. The van der Waals surface area contributed by atoms with Crippen LogP contribution >= 0.6 is 15.9 Å². The fourth-order valence-corrected chi connectivity index (χ4v) is 1.86. The number of rotatable bonds is 3. The topological polar surface area (TPSA) is 3.24 Å². The lowest BCUT2D eigenvalue weighted by molar-refractivity contribution is -0.0593. The molecule has 0 N–H and O–H groups in total. The smallest absolute Gasteiger partial charge is 0.250 e. The zero-order valence-corrected chi connectivity index (χ0v) is 10.4. The zero-order valence-electron chi connectivity index (χ0n) is 8.82. The molecule has 1 aliphatic rings. The molecule has 0 amide bonds. The van der Waals surface area contributed by atoms with E-state index in [1.807, 2.05) is 0 Å². The van der Waals surface area contributed by atoms with Crippen molar-refractivity contribution in [2.75, 3.05) is 25.0 Å². The van der Waals surface area contributed by atoms with E-state index in [2.05, 4.69) is 34.7 Å². The number of alkyl halides is 3. The van der Waals surface area contributed by atoms with Crippen LogP contribution in [0.2, 0.25) is 0 Å². The molecule has 0 radical (unpaired) electrons. The summed E-state index contributed by atoms with van der Waals surface area (Å²) in [6.45, 7) is 6.25. The first-order valence-electron chi connectivity index (χ1n) is 5.01. The van der Waals surface area contributed by atoms with Gasteiger partial charge in [0.05, 0.1) is 0 Å². The molecule has 0 aromatic rings. The third-order valence-electron chi connectivity index (χ3n) is 2.60. The molecule has 4 heteroatoms. The van der Waals surface area contributed by atoms with Crippen molar-refractivity contribution in [3.8, 4) is 0 Å². The summed E-state index contributed by atoms with van der Waals surface area (Å²) in [4.78, 5) is 2.14. The summed E-state index contributed by atoms with van der Waals surface area (Å²) < 4.78 is 25.7. The molecule has 1 aliphatic heterocycles. The van der Waals surface area contributed by atoms with Gasteiger partial charge in [0.1, 0.15) is 0 Å². The second kappa shape index (κ2) is 4.44. The van der Waals surface area contributed by atoms with Crippen LogP contribution in [0, 0.1) is 5.41 Å². The Hall–Kier alpha value is 0.300. The highest BCUT2D eigenvalue weighted by Crippen LogP contribution is 2.29. The average molecular weight is 270 g/mol. The number of nitrogens with zero attached hydrogens (tertiary/aromatic N) is 1. The van der Waals surface area contributed by atoms with Crippen LogP contribution in [0.5, 0.6) is 0 Å². The molecule has 14 heavy (non-hydrogen) atoms. The Balaban J connectivity index is 2.36. The summed E-state index contributed by atoms with van der Waals surface area (Å²) in [5.41, 5.74) is 0.173. The molecule has 0 aromatic heterocycles. The molecule has 1 nitrogen and oxygen atoms in total. The maximum atomic E-state index is 12.9. The molecular formula is C10H18BrF2N. The highest BCUT2D eigenvalue weighted by Gasteiger charge is 2.35. The molecule has 0 spiro atoms. The van der Waals surface area contributed by atoms with Gasteiger partial charge in [-0.05, 0) is 5.41 Å². The first-order chi connectivity index (χ1) is 6.35.